The van der Waals surface area contributed by atoms with E-state index in [2.05, 4.69) is 36.0 Å². The van der Waals surface area contributed by atoms with E-state index in [1.807, 2.05) is 74.2 Å². The van der Waals surface area contributed by atoms with Gasteiger partial charge in [0.15, 0.2) is 11.6 Å². The number of nitrogen functional groups attached to an aromatic ring is 2. The molecule has 22 nitrogen and oxygen atoms in total. The van der Waals surface area contributed by atoms with Crippen molar-refractivity contribution in [1.82, 2.24) is 40.9 Å². The van der Waals surface area contributed by atoms with Crippen LogP contribution in [0.5, 0.6) is 11.5 Å². The van der Waals surface area contributed by atoms with Crippen molar-refractivity contribution in [2.75, 3.05) is 54.0 Å². The molecule has 80 heavy (non-hydrogen) atoms. The first kappa shape index (κ1) is 58.2. The molecule has 0 saturated carbocycles. The summed E-state index contributed by atoms with van der Waals surface area (Å²) in [6, 6.07) is 22.7. The third-order valence-corrected chi connectivity index (χ3v) is 16.0. The molecule has 9 rings (SSSR count). The number of phenols is 2. The maximum Gasteiger partial charge on any atom is 0.306 e. The van der Waals surface area contributed by atoms with Gasteiger partial charge in [-0.15, -0.1) is 31.7 Å². The zero-order valence-electron chi connectivity index (χ0n) is 45.4. The number of aryl methyl sites for hydroxylation is 1. The zero-order chi connectivity index (χ0) is 57.7. The normalized spacial score (nSPS) is 18.6. The molecule has 0 radical (unpaired) electrons. The Morgan fingerprint density at radius 1 is 0.750 bits per heavy atom. The number of rotatable bonds is 14. The second kappa shape index (κ2) is 24.2. The van der Waals surface area contributed by atoms with Gasteiger partial charge in [-0.25, -0.2) is 4.98 Å². The Morgan fingerprint density at radius 2 is 1.25 bits per heavy atom. The van der Waals surface area contributed by atoms with Gasteiger partial charge in [0.05, 0.1) is 75.0 Å². The molecule has 3 aromatic heterocycles. The number of aromatic nitrogens is 5. The molecule has 0 bridgehead atoms. The Morgan fingerprint density at radius 3 is 1.71 bits per heavy atom. The Kier molecular flexibility index (Phi) is 17.6. The summed E-state index contributed by atoms with van der Waals surface area (Å²) < 4.78 is 0. The maximum atomic E-state index is 14.2. The van der Waals surface area contributed by atoms with Gasteiger partial charge in [0.25, 0.3) is 0 Å². The quantitative estimate of drug-likeness (QED) is 0.0670. The molecule has 4 atom stereocenters. The minimum Gasteiger partial charge on any atom is -0.507 e. The molecule has 3 amide bonds. The summed E-state index contributed by atoms with van der Waals surface area (Å²) in [6.07, 6.45) is -0.199. The minimum absolute atomic E-state index is 0.0466. The van der Waals surface area contributed by atoms with Crippen LogP contribution < -0.4 is 31.9 Å². The fraction of sp³-hybridized carbons (Fsp3) is 0.421. The van der Waals surface area contributed by atoms with Crippen LogP contribution in [0.3, 0.4) is 0 Å². The number of aromatic hydroxyl groups is 2. The summed E-state index contributed by atoms with van der Waals surface area (Å²) in [6.45, 7) is 10.9. The van der Waals surface area contributed by atoms with Gasteiger partial charge in [0, 0.05) is 50.3 Å². The number of hydrogen-bond donors (Lipinski definition) is 10. The highest BCUT2D eigenvalue weighted by Crippen LogP contribution is 2.38. The van der Waals surface area contributed by atoms with Crippen LogP contribution in [0.1, 0.15) is 89.9 Å². The highest BCUT2D eigenvalue weighted by molar-refractivity contribution is 7.13. The lowest BCUT2D eigenvalue weighted by molar-refractivity contribution is -0.145. The first-order valence-electron chi connectivity index (χ1n) is 26.5. The van der Waals surface area contributed by atoms with Crippen LogP contribution in [0, 0.1) is 12.3 Å². The molecule has 23 heteroatoms. The van der Waals surface area contributed by atoms with Crippen molar-refractivity contribution in [3.8, 4) is 44.5 Å². The molecule has 0 unspecified atom stereocenters. The number of carboxylic acids is 1. The fourth-order valence-electron chi connectivity index (χ4n) is 10.4. The average molecular weight is 1120 g/mol. The number of likely N-dealkylation sites (tertiary alicyclic amines) is 1. The second-order valence-electron chi connectivity index (χ2n) is 22.1. The number of piperidine rings is 2. The van der Waals surface area contributed by atoms with Crippen LogP contribution in [0.25, 0.3) is 33.0 Å². The van der Waals surface area contributed by atoms with E-state index in [1.165, 1.54) is 4.90 Å². The summed E-state index contributed by atoms with van der Waals surface area (Å²) in [7, 11) is 0. The molecular formula is C57H70N12O10S. The van der Waals surface area contributed by atoms with Gasteiger partial charge in [-0.1, -0.05) is 69.3 Å². The number of carboxylic acid groups (broad SMARTS) is 1. The topological polar surface area (TPSA) is 340 Å². The molecule has 12 N–H and O–H groups in total. The zero-order valence-corrected chi connectivity index (χ0v) is 46.2. The predicted octanol–water partition coefficient (Wildman–Crippen LogP) is 5.19. The number of nitrogens with zero attached hydrogens (tertiary/aromatic N) is 8. The number of amides is 3. The van der Waals surface area contributed by atoms with Crippen LogP contribution >= 0.6 is 11.3 Å². The molecule has 3 aliphatic rings. The van der Waals surface area contributed by atoms with E-state index in [0.717, 1.165) is 21.7 Å². The van der Waals surface area contributed by atoms with E-state index >= 15 is 0 Å². The van der Waals surface area contributed by atoms with Gasteiger partial charge >= 0.3 is 5.97 Å². The van der Waals surface area contributed by atoms with Crippen molar-refractivity contribution in [2.24, 2.45) is 5.41 Å². The van der Waals surface area contributed by atoms with Crippen molar-refractivity contribution in [3.05, 3.63) is 102 Å². The molecule has 6 heterocycles. The van der Waals surface area contributed by atoms with Crippen molar-refractivity contribution >= 4 is 58.0 Å². The number of carbonyl (C=O) groups is 4. The molecule has 6 aromatic rings. The lowest BCUT2D eigenvalue weighted by atomic mass is 9.84. The van der Waals surface area contributed by atoms with Crippen molar-refractivity contribution < 1.29 is 49.8 Å². The number of thiazole rings is 1. The number of aliphatic carboxylic acids is 1. The first-order valence-corrected chi connectivity index (χ1v) is 27.4. The largest absolute Gasteiger partial charge is 0.507 e. The number of β-amino-alcohol motifs (C(OH)–C–C–N with tert-alkyl or cyclic N) is 1. The second-order valence-corrected chi connectivity index (χ2v) is 22.9. The molecule has 3 fully saturated rings. The van der Waals surface area contributed by atoms with Gasteiger partial charge in [-0.05, 0) is 92.5 Å². The lowest BCUT2D eigenvalue weighted by Crippen LogP contribution is -2.58. The summed E-state index contributed by atoms with van der Waals surface area (Å²) in [5, 5.41) is 83.9. The number of nitrogens with one attached hydrogen (secondary N) is 2. The molecule has 424 valence electrons. The molecular weight excluding hydrogens is 1040 g/mol. The van der Waals surface area contributed by atoms with Crippen molar-refractivity contribution in [1.29, 1.82) is 0 Å². The first-order chi connectivity index (χ1) is 37.9. The van der Waals surface area contributed by atoms with Crippen molar-refractivity contribution in [3.63, 3.8) is 0 Å². The standard InChI is InChI=1S/C40H50N8O6S.C17H20N4O4/c1-23(25-10-12-26(13-11-25)34-24(2)42-22-55-34)43-37(52)31-18-27(49)21-48(31)38(53)35(39(3,4)5)44-33(51)20-40(54)14-16-47(17-15-40)30-19-29(45-46-36(30)41)28-8-6-7-9-32(28)50;18-16-13(21-7-5-17(25,6-8-21)10-15(23)24)9-12(19-20-16)11-3-1-2-4-14(11)22/h6-13,19,22-23,27,31,35,49-50,54H,14-18,20-21H2,1-5H3,(H2,41,46)(H,43,52)(H,44,51);1-4,9,22,25H,5-8,10H2,(H2,18,20)(H,23,24)/t23-,27+,31-,35+;/m0./s1. The Balaban J connectivity index is 0.000000279. The van der Waals surface area contributed by atoms with E-state index in [9.17, 15) is 44.7 Å². The number of aliphatic hydroxyl groups excluding tert-OH is 1. The van der Waals surface area contributed by atoms with Crippen LogP contribution in [0.4, 0.5) is 23.0 Å². The van der Waals surface area contributed by atoms with Gasteiger partial charge in [0.1, 0.15) is 23.6 Å². The summed E-state index contributed by atoms with van der Waals surface area (Å²) >= 11 is 1.57. The van der Waals surface area contributed by atoms with Crippen LogP contribution in [-0.4, -0.2) is 147 Å². The number of anilines is 4. The third kappa shape index (κ3) is 13.7. The van der Waals surface area contributed by atoms with Crippen LogP contribution in [-0.2, 0) is 19.2 Å². The number of hydrogen-bond acceptors (Lipinski definition) is 19. The number of carbonyl (C=O) groups excluding carboxylic acids is 3. The van der Waals surface area contributed by atoms with Crippen LogP contribution in [0.15, 0.2) is 90.4 Å². The fourth-order valence-corrected chi connectivity index (χ4v) is 11.2. The highest BCUT2D eigenvalue weighted by Gasteiger charge is 2.46. The SMILES string of the molecule is Cc1ncsc1-c1ccc([C@H](C)NC(=O)[C@@H]2C[C@@H](O)CN2C(=O)[C@@H](NC(=O)CC2(O)CCN(c3cc(-c4ccccc4O)nnc3N)CC2)C(C)(C)C)cc1.Nc1nnc(-c2ccccc2O)cc1N1CCC(O)(CC(=O)O)CC1. The Bertz CT molecular complexity index is 3190. The van der Waals surface area contributed by atoms with E-state index < -0.39 is 58.5 Å². The van der Waals surface area contributed by atoms with Gasteiger partial charge in [-0.3, -0.25) is 19.2 Å². The Hall–Kier alpha value is -7.99. The lowest BCUT2D eigenvalue weighted by Gasteiger charge is -2.40. The van der Waals surface area contributed by atoms with Gasteiger partial charge in [-0.2, -0.15) is 0 Å². The van der Waals surface area contributed by atoms with Gasteiger partial charge < -0.3 is 67.4 Å². The number of para-hydroxylation sites is 2. The molecule has 0 spiro atoms. The summed E-state index contributed by atoms with van der Waals surface area (Å²) in [4.78, 5) is 63.0. The molecule has 3 aliphatic heterocycles. The van der Waals surface area contributed by atoms with Crippen molar-refractivity contribution in [2.45, 2.75) is 115 Å². The molecule has 0 aliphatic carbocycles. The number of nitrogens with two attached hydrogens (primary N) is 2. The van der Waals surface area contributed by atoms with Gasteiger partial charge in [0.2, 0.25) is 17.7 Å². The monoisotopic (exact) mass is 1110 g/mol. The number of phenolic OH excluding ortho intramolecular Hbond substituents is 2. The Labute approximate surface area is 467 Å². The highest BCUT2D eigenvalue weighted by atomic mass is 32.1. The smallest absolute Gasteiger partial charge is 0.306 e. The summed E-state index contributed by atoms with van der Waals surface area (Å²) in [5.41, 5.74) is 16.8. The molecule has 3 saturated heterocycles. The number of aliphatic hydroxyl groups is 3. The minimum atomic E-state index is -1.35. The third-order valence-electron chi connectivity index (χ3n) is 15.1. The van der Waals surface area contributed by atoms with E-state index in [0.29, 0.717) is 72.9 Å². The molecule has 3 aromatic carbocycles. The predicted molar refractivity (Wildman–Crippen MR) is 303 cm³/mol. The average Bonchev–Trinajstić information content (AvgIpc) is 4.04. The van der Waals surface area contributed by atoms with E-state index in [4.69, 9.17) is 16.6 Å². The number of benzene rings is 3. The van der Waals surface area contributed by atoms with E-state index in [1.54, 1.807) is 72.0 Å². The van der Waals surface area contributed by atoms with E-state index in [-0.39, 0.29) is 67.8 Å². The summed E-state index contributed by atoms with van der Waals surface area (Å²) in [5.74, 6) is -1.75. The van der Waals surface area contributed by atoms with Crippen LogP contribution in [0.2, 0.25) is 0 Å². The maximum absolute atomic E-state index is 14.2.